The Kier molecular flexibility index (Phi) is 3.76. The number of anilines is 1. The maximum absolute atomic E-state index is 12.2. The Hall–Kier alpha value is -1.69. The second-order valence-electron chi connectivity index (χ2n) is 4.85. The number of nitrogen functional groups attached to an aromatic ring is 1. The van der Waals surface area contributed by atoms with Crippen LogP contribution in [0, 0.1) is 0 Å². The number of aromatic nitrogens is 2. The average molecular weight is 249 g/mol. The van der Waals surface area contributed by atoms with Crippen molar-refractivity contribution < 1.29 is 4.79 Å². The highest BCUT2D eigenvalue weighted by atomic mass is 16.2. The van der Waals surface area contributed by atoms with Gasteiger partial charge < -0.3 is 15.5 Å². The summed E-state index contributed by atoms with van der Waals surface area (Å²) in [5.74, 6) is 0.269. The summed E-state index contributed by atoms with van der Waals surface area (Å²) in [5.41, 5.74) is 5.83. The molecule has 1 fully saturated rings. The molecule has 1 aliphatic heterocycles. The average Bonchev–Trinajstić information content (AvgIpc) is 2.39. The standard InChI is InChI=1S/C12H19N5O/c1-16(2)9-4-3-7-17(8-9)12(18)10-5-6-11(13)15-14-10/h5-6,9H,3-4,7-8H2,1-2H3,(H2,13,15). The van der Waals surface area contributed by atoms with Crippen LogP contribution in [0.3, 0.4) is 0 Å². The molecule has 0 saturated carbocycles. The predicted molar refractivity (Wildman–Crippen MR) is 69.1 cm³/mol. The van der Waals surface area contributed by atoms with Crippen LogP contribution in [-0.4, -0.2) is 59.1 Å². The molecule has 6 nitrogen and oxygen atoms in total. The number of amides is 1. The Balaban J connectivity index is 2.06. The van der Waals surface area contributed by atoms with E-state index in [9.17, 15) is 4.79 Å². The minimum absolute atomic E-state index is 0.0611. The first-order chi connectivity index (χ1) is 8.58. The number of nitrogens with zero attached hydrogens (tertiary/aromatic N) is 4. The summed E-state index contributed by atoms with van der Waals surface area (Å²) in [6.45, 7) is 1.53. The summed E-state index contributed by atoms with van der Waals surface area (Å²) < 4.78 is 0. The highest BCUT2D eigenvalue weighted by Crippen LogP contribution is 2.15. The molecular weight excluding hydrogens is 230 g/mol. The normalized spacial score (nSPS) is 20.2. The molecule has 2 N–H and O–H groups in total. The Bertz CT molecular complexity index is 417. The molecule has 0 radical (unpaired) electrons. The molecule has 1 aliphatic rings. The zero-order chi connectivity index (χ0) is 13.1. The molecule has 98 valence electrons. The number of piperidine rings is 1. The van der Waals surface area contributed by atoms with Gasteiger partial charge in [0.05, 0.1) is 0 Å². The Morgan fingerprint density at radius 2 is 2.22 bits per heavy atom. The van der Waals surface area contributed by atoms with Crippen molar-refractivity contribution in [1.82, 2.24) is 20.0 Å². The molecule has 2 rings (SSSR count). The van der Waals surface area contributed by atoms with E-state index in [2.05, 4.69) is 15.1 Å². The van der Waals surface area contributed by atoms with Gasteiger partial charge in [0.15, 0.2) is 5.69 Å². The van der Waals surface area contributed by atoms with Gasteiger partial charge in [-0.1, -0.05) is 0 Å². The molecule has 18 heavy (non-hydrogen) atoms. The lowest BCUT2D eigenvalue weighted by molar-refractivity contribution is 0.0628. The van der Waals surface area contributed by atoms with Gasteiger partial charge in [-0.05, 0) is 39.1 Å². The van der Waals surface area contributed by atoms with Crippen LogP contribution in [0.2, 0.25) is 0 Å². The number of likely N-dealkylation sites (N-methyl/N-ethyl adjacent to an activating group) is 1. The third-order valence-corrected chi connectivity index (χ3v) is 3.32. The van der Waals surface area contributed by atoms with E-state index in [0.717, 1.165) is 25.9 Å². The van der Waals surface area contributed by atoms with Gasteiger partial charge in [-0.3, -0.25) is 4.79 Å². The van der Waals surface area contributed by atoms with Crippen LogP contribution in [0.25, 0.3) is 0 Å². The van der Waals surface area contributed by atoms with Gasteiger partial charge in [-0.15, -0.1) is 10.2 Å². The fourth-order valence-electron chi connectivity index (χ4n) is 2.18. The number of hydrogen-bond acceptors (Lipinski definition) is 5. The van der Waals surface area contributed by atoms with Crippen molar-refractivity contribution in [3.63, 3.8) is 0 Å². The molecule has 2 heterocycles. The van der Waals surface area contributed by atoms with Gasteiger partial charge >= 0.3 is 0 Å². The molecule has 0 bridgehead atoms. The van der Waals surface area contributed by atoms with Crippen molar-refractivity contribution in [3.8, 4) is 0 Å². The molecule has 0 aliphatic carbocycles. The quantitative estimate of drug-likeness (QED) is 0.811. The van der Waals surface area contributed by atoms with Gasteiger partial charge in [0.25, 0.3) is 5.91 Å². The van der Waals surface area contributed by atoms with Crippen molar-refractivity contribution in [1.29, 1.82) is 0 Å². The van der Waals surface area contributed by atoms with Crippen LogP contribution in [0.15, 0.2) is 12.1 Å². The number of hydrogen-bond donors (Lipinski definition) is 1. The van der Waals surface area contributed by atoms with E-state index < -0.39 is 0 Å². The van der Waals surface area contributed by atoms with Crippen molar-refractivity contribution in [3.05, 3.63) is 17.8 Å². The monoisotopic (exact) mass is 249 g/mol. The fourth-order valence-corrected chi connectivity index (χ4v) is 2.18. The highest BCUT2D eigenvalue weighted by molar-refractivity contribution is 5.92. The molecule has 1 saturated heterocycles. The minimum atomic E-state index is -0.0611. The Morgan fingerprint density at radius 3 is 2.83 bits per heavy atom. The summed E-state index contributed by atoms with van der Waals surface area (Å²) in [6, 6.07) is 3.65. The van der Waals surface area contributed by atoms with Crippen LogP contribution < -0.4 is 5.73 Å². The molecule has 1 unspecified atom stereocenters. The summed E-state index contributed by atoms with van der Waals surface area (Å²) in [7, 11) is 4.09. The number of nitrogens with two attached hydrogens (primary N) is 1. The van der Waals surface area contributed by atoms with E-state index in [4.69, 9.17) is 5.73 Å². The lowest BCUT2D eigenvalue weighted by Crippen LogP contribution is -2.47. The summed E-state index contributed by atoms with van der Waals surface area (Å²) in [5, 5.41) is 7.56. The number of carbonyl (C=O) groups excluding carboxylic acids is 1. The summed E-state index contributed by atoms with van der Waals surface area (Å²) in [6.07, 6.45) is 2.15. The maximum Gasteiger partial charge on any atom is 0.274 e. The molecule has 1 amide bonds. The molecule has 0 spiro atoms. The SMILES string of the molecule is CN(C)C1CCCN(C(=O)c2ccc(N)nn2)C1. The lowest BCUT2D eigenvalue weighted by atomic mass is 10.0. The van der Waals surface area contributed by atoms with Gasteiger partial charge in [0.1, 0.15) is 5.82 Å². The van der Waals surface area contributed by atoms with Crippen LogP contribution in [-0.2, 0) is 0 Å². The van der Waals surface area contributed by atoms with Crippen LogP contribution in [0.4, 0.5) is 5.82 Å². The van der Waals surface area contributed by atoms with E-state index in [-0.39, 0.29) is 5.91 Å². The Morgan fingerprint density at radius 1 is 1.44 bits per heavy atom. The van der Waals surface area contributed by atoms with E-state index in [1.807, 2.05) is 19.0 Å². The van der Waals surface area contributed by atoms with Crippen molar-refractivity contribution in [2.75, 3.05) is 32.9 Å². The maximum atomic E-state index is 12.2. The van der Waals surface area contributed by atoms with Crippen molar-refractivity contribution in [2.24, 2.45) is 0 Å². The largest absolute Gasteiger partial charge is 0.382 e. The topological polar surface area (TPSA) is 75.3 Å². The first-order valence-electron chi connectivity index (χ1n) is 6.13. The molecule has 1 aromatic rings. The van der Waals surface area contributed by atoms with Crippen molar-refractivity contribution in [2.45, 2.75) is 18.9 Å². The van der Waals surface area contributed by atoms with Gasteiger partial charge in [-0.2, -0.15) is 0 Å². The first kappa shape index (κ1) is 12.8. The van der Waals surface area contributed by atoms with Crippen LogP contribution in [0.1, 0.15) is 23.3 Å². The summed E-state index contributed by atoms with van der Waals surface area (Å²) in [4.78, 5) is 16.2. The minimum Gasteiger partial charge on any atom is -0.382 e. The molecule has 1 atom stereocenters. The van der Waals surface area contributed by atoms with E-state index in [0.29, 0.717) is 17.6 Å². The second kappa shape index (κ2) is 5.30. The zero-order valence-corrected chi connectivity index (χ0v) is 10.8. The fraction of sp³-hybridized carbons (Fsp3) is 0.583. The van der Waals surface area contributed by atoms with Gasteiger partial charge in [0.2, 0.25) is 0 Å². The third kappa shape index (κ3) is 2.76. The molecule has 1 aromatic heterocycles. The molecular formula is C12H19N5O. The van der Waals surface area contributed by atoms with Crippen LogP contribution in [0.5, 0.6) is 0 Å². The number of rotatable bonds is 2. The second-order valence-corrected chi connectivity index (χ2v) is 4.85. The zero-order valence-electron chi connectivity index (χ0n) is 10.8. The lowest BCUT2D eigenvalue weighted by Gasteiger charge is -2.35. The highest BCUT2D eigenvalue weighted by Gasteiger charge is 2.26. The van der Waals surface area contributed by atoms with E-state index in [1.165, 1.54) is 0 Å². The number of carbonyl (C=O) groups is 1. The van der Waals surface area contributed by atoms with Crippen molar-refractivity contribution >= 4 is 11.7 Å². The van der Waals surface area contributed by atoms with E-state index in [1.54, 1.807) is 12.1 Å². The van der Waals surface area contributed by atoms with Crippen LogP contribution >= 0.6 is 0 Å². The van der Waals surface area contributed by atoms with Gasteiger partial charge in [0, 0.05) is 19.1 Å². The smallest absolute Gasteiger partial charge is 0.274 e. The Labute approximate surface area is 107 Å². The van der Waals surface area contributed by atoms with E-state index >= 15 is 0 Å². The predicted octanol–water partition coefficient (Wildman–Crippen LogP) is 0.225. The third-order valence-electron chi connectivity index (χ3n) is 3.32. The number of likely N-dealkylation sites (tertiary alicyclic amines) is 1. The molecule has 6 heteroatoms. The van der Waals surface area contributed by atoms with Gasteiger partial charge in [-0.25, -0.2) is 0 Å². The summed E-state index contributed by atoms with van der Waals surface area (Å²) >= 11 is 0. The first-order valence-corrected chi connectivity index (χ1v) is 6.13. The molecule has 0 aromatic carbocycles.